The fourth-order valence-corrected chi connectivity index (χ4v) is 1.94. The van der Waals surface area contributed by atoms with Crippen LogP contribution in [0.3, 0.4) is 0 Å². The Morgan fingerprint density at radius 1 is 1.53 bits per heavy atom. The lowest BCUT2D eigenvalue weighted by atomic mass is 10.1. The molecule has 0 aliphatic heterocycles. The molecule has 0 fully saturated rings. The highest BCUT2D eigenvalue weighted by atomic mass is 32.1. The maximum Gasteiger partial charge on any atom is 0.0958 e. The number of hydrogen-bond donors (Lipinski definition) is 1. The average Bonchev–Trinajstić information content (AvgIpc) is 2.89. The maximum absolute atomic E-state index is 4.25. The van der Waals surface area contributed by atoms with Crippen molar-refractivity contribution >= 4 is 11.7 Å². The summed E-state index contributed by atoms with van der Waals surface area (Å²) in [6.45, 7) is 2.95. The van der Waals surface area contributed by atoms with Crippen molar-refractivity contribution in [3.63, 3.8) is 0 Å². The quantitative estimate of drug-likeness (QED) is 0.842. The SMILES string of the molecule is CCn1cc(C(NC)c2cnsn2)cn1. The molecule has 0 aliphatic carbocycles. The fourth-order valence-electron chi connectivity index (χ4n) is 1.49. The third kappa shape index (κ3) is 2.05. The molecular weight excluding hydrogens is 210 g/mol. The van der Waals surface area contributed by atoms with Gasteiger partial charge in [0.1, 0.15) is 0 Å². The molecule has 0 radical (unpaired) electrons. The van der Waals surface area contributed by atoms with Crippen molar-refractivity contribution < 1.29 is 0 Å². The van der Waals surface area contributed by atoms with E-state index in [9.17, 15) is 0 Å². The third-order valence-corrected chi connectivity index (χ3v) is 2.77. The van der Waals surface area contributed by atoms with E-state index in [0.29, 0.717) is 0 Å². The molecule has 1 N–H and O–H groups in total. The van der Waals surface area contributed by atoms with Crippen molar-refractivity contribution in [1.82, 2.24) is 23.8 Å². The van der Waals surface area contributed by atoms with Crippen LogP contribution in [0.1, 0.15) is 24.2 Å². The highest BCUT2D eigenvalue weighted by Crippen LogP contribution is 2.19. The number of nitrogens with one attached hydrogen (secondary N) is 1. The summed E-state index contributed by atoms with van der Waals surface area (Å²) in [6, 6.07) is 0.0871. The van der Waals surface area contributed by atoms with Crippen LogP contribution < -0.4 is 5.32 Å². The molecule has 15 heavy (non-hydrogen) atoms. The summed E-state index contributed by atoms with van der Waals surface area (Å²) in [5.74, 6) is 0. The zero-order valence-electron chi connectivity index (χ0n) is 8.71. The molecule has 0 aliphatic rings. The molecule has 2 rings (SSSR count). The summed E-state index contributed by atoms with van der Waals surface area (Å²) in [6.07, 6.45) is 5.68. The molecule has 0 spiro atoms. The lowest BCUT2D eigenvalue weighted by molar-refractivity contribution is 0.651. The summed E-state index contributed by atoms with van der Waals surface area (Å²) >= 11 is 1.22. The van der Waals surface area contributed by atoms with E-state index >= 15 is 0 Å². The van der Waals surface area contributed by atoms with Crippen LogP contribution in [0.5, 0.6) is 0 Å². The Labute approximate surface area is 92.5 Å². The first-order chi connectivity index (χ1) is 7.35. The zero-order valence-corrected chi connectivity index (χ0v) is 9.53. The van der Waals surface area contributed by atoms with Gasteiger partial charge in [0.25, 0.3) is 0 Å². The largest absolute Gasteiger partial charge is 0.308 e. The molecule has 0 saturated carbocycles. The van der Waals surface area contributed by atoms with Gasteiger partial charge >= 0.3 is 0 Å². The Morgan fingerprint density at radius 3 is 2.93 bits per heavy atom. The van der Waals surface area contributed by atoms with Gasteiger partial charge in [-0.2, -0.15) is 13.8 Å². The highest BCUT2D eigenvalue weighted by molar-refractivity contribution is 6.99. The fraction of sp³-hybridized carbons (Fsp3) is 0.444. The van der Waals surface area contributed by atoms with Gasteiger partial charge < -0.3 is 5.32 Å². The molecule has 0 bridgehead atoms. The standard InChI is InChI=1S/C9H13N5S/c1-3-14-6-7(4-11-14)9(10-2)8-5-12-15-13-8/h4-6,9-10H,3H2,1-2H3. The zero-order chi connectivity index (χ0) is 10.7. The Bertz CT molecular complexity index is 408. The van der Waals surface area contributed by atoms with Gasteiger partial charge in [-0.25, -0.2) is 0 Å². The number of hydrogen-bond acceptors (Lipinski definition) is 5. The first kappa shape index (κ1) is 10.3. The summed E-state index contributed by atoms with van der Waals surface area (Å²) in [5.41, 5.74) is 2.06. The molecule has 6 heteroatoms. The normalized spacial score (nSPS) is 12.9. The molecule has 1 atom stereocenters. The van der Waals surface area contributed by atoms with Crippen molar-refractivity contribution in [2.75, 3.05) is 7.05 Å². The van der Waals surface area contributed by atoms with E-state index in [1.54, 1.807) is 6.20 Å². The molecule has 0 amide bonds. The molecule has 0 aromatic carbocycles. The Morgan fingerprint density at radius 2 is 2.40 bits per heavy atom. The molecule has 2 aromatic rings. The summed E-state index contributed by atoms with van der Waals surface area (Å²) in [7, 11) is 1.91. The summed E-state index contributed by atoms with van der Waals surface area (Å²) in [4.78, 5) is 0. The summed E-state index contributed by atoms with van der Waals surface area (Å²) in [5, 5.41) is 7.45. The second kappa shape index (κ2) is 4.50. The second-order valence-corrected chi connectivity index (χ2v) is 3.74. The van der Waals surface area contributed by atoms with Gasteiger partial charge in [0.05, 0.1) is 35.9 Å². The number of nitrogens with zero attached hydrogens (tertiary/aromatic N) is 4. The first-order valence-corrected chi connectivity index (χ1v) is 5.55. The van der Waals surface area contributed by atoms with E-state index in [2.05, 4.69) is 26.1 Å². The van der Waals surface area contributed by atoms with Gasteiger partial charge in [0.2, 0.25) is 0 Å². The van der Waals surface area contributed by atoms with E-state index in [1.807, 2.05) is 24.1 Å². The van der Waals surface area contributed by atoms with Gasteiger partial charge in [-0.15, -0.1) is 0 Å². The predicted molar refractivity (Wildman–Crippen MR) is 58.7 cm³/mol. The average molecular weight is 223 g/mol. The Hall–Kier alpha value is -1.27. The molecular formula is C9H13N5S. The van der Waals surface area contributed by atoms with Gasteiger partial charge in [0, 0.05) is 18.3 Å². The first-order valence-electron chi connectivity index (χ1n) is 4.82. The Balaban J connectivity index is 2.27. The molecule has 2 aromatic heterocycles. The molecule has 0 saturated heterocycles. The second-order valence-electron chi connectivity index (χ2n) is 3.18. The van der Waals surface area contributed by atoms with Gasteiger partial charge in [0.15, 0.2) is 0 Å². The third-order valence-electron chi connectivity index (χ3n) is 2.27. The van der Waals surface area contributed by atoms with E-state index in [4.69, 9.17) is 0 Å². The lowest BCUT2D eigenvalue weighted by Crippen LogP contribution is -2.17. The topological polar surface area (TPSA) is 55.6 Å². The molecule has 80 valence electrons. The Kier molecular flexibility index (Phi) is 3.08. The van der Waals surface area contributed by atoms with Crippen LogP contribution in [0.15, 0.2) is 18.6 Å². The van der Waals surface area contributed by atoms with Crippen molar-refractivity contribution in [2.24, 2.45) is 0 Å². The lowest BCUT2D eigenvalue weighted by Gasteiger charge is -2.10. The van der Waals surface area contributed by atoms with Gasteiger partial charge in [-0.3, -0.25) is 4.68 Å². The monoisotopic (exact) mass is 223 g/mol. The predicted octanol–water partition coefficient (Wildman–Crippen LogP) is 1.06. The minimum atomic E-state index is 0.0871. The van der Waals surface area contributed by atoms with Crippen molar-refractivity contribution in [3.05, 3.63) is 29.8 Å². The van der Waals surface area contributed by atoms with Gasteiger partial charge in [-0.1, -0.05) is 0 Å². The minimum absolute atomic E-state index is 0.0871. The van der Waals surface area contributed by atoms with Crippen LogP contribution in [-0.2, 0) is 6.54 Å². The van der Waals surface area contributed by atoms with Crippen molar-refractivity contribution in [3.8, 4) is 0 Å². The number of aromatic nitrogens is 4. The van der Waals surface area contributed by atoms with Crippen LogP contribution in [-0.4, -0.2) is 25.6 Å². The van der Waals surface area contributed by atoms with Crippen molar-refractivity contribution in [2.45, 2.75) is 19.5 Å². The van der Waals surface area contributed by atoms with Crippen molar-refractivity contribution in [1.29, 1.82) is 0 Å². The van der Waals surface area contributed by atoms with E-state index in [1.165, 1.54) is 11.7 Å². The summed E-state index contributed by atoms with van der Waals surface area (Å²) < 4.78 is 10.1. The minimum Gasteiger partial charge on any atom is -0.308 e. The van der Waals surface area contributed by atoms with Crippen LogP contribution in [0.2, 0.25) is 0 Å². The molecule has 1 unspecified atom stereocenters. The van der Waals surface area contributed by atoms with E-state index in [-0.39, 0.29) is 6.04 Å². The smallest absolute Gasteiger partial charge is 0.0958 e. The van der Waals surface area contributed by atoms with Crippen LogP contribution >= 0.6 is 11.7 Å². The van der Waals surface area contributed by atoms with E-state index < -0.39 is 0 Å². The van der Waals surface area contributed by atoms with E-state index in [0.717, 1.165) is 17.8 Å². The molecule has 2 heterocycles. The number of rotatable bonds is 4. The van der Waals surface area contributed by atoms with Crippen LogP contribution in [0, 0.1) is 0 Å². The maximum atomic E-state index is 4.25. The highest BCUT2D eigenvalue weighted by Gasteiger charge is 2.16. The van der Waals surface area contributed by atoms with Gasteiger partial charge in [-0.05, 0) is 14.0 Å². The van der Waals surface area contributed by atoms with Crippen LogP contribution in [0.4, 0.5) is 0 Å². The van der Waals surface area contributed by atoms with Crippen LogP contribution in [0.25, 0.3) is 0 Å². The molecule has 5 nitrogen and oxygen atoms in total. The number of aryl methyl sites for hydroxylation is 1.